The molecule has 0 saturated carbocycles. The first kappa shape index (κ1) is 12.8. The van der Waals surface area contributed by atoms with Gasteiger partial charge in [-0.05, 0) is 6.07 Å². The normalized spacial score (nSPS) is 9.71. The number of halogens is 1. The molecule has 0 aliphatic carbocycles. The summed E-state index contributed by atoms with van der Waals surface area (Å²) in [4.78, 5) is 0. The summed E-state index contributed by atoms with van der Waals surface area (Å²) in [7, 11) is -3.05. The van der Waals surface area contributed by atoms with E-state index in [1.54, 1.807) is 12.3 Å². The van der Waals surface area contributed by atoms with Crippen molar-refractivity contribution in [3.05, 3.63) is 30.1 Å². The highest BCUT2D eigenvalue weighted by Gasteiger charge is 1.92. The van der Waals surface area contributed by atoms with E-state index in [0.29, 0.717) is 5.56 Å². The van der Waals surface area contributed by atoms with Crippen molar-refractivity contribution >= 4 is 0 Å². The molecule has 0 N–H and O–H groups in total. The molecule has 1 aromatic rings. The van der Waals surface area contributed by atoms with Crippen LogP contribution < -0.4 is 23.2 Å². The molecule has 0 amide bonds. The first-order valence-corrected chi connectivity index (χ1v) is 4.53. The van der Waals surface area contributed by atoms with Crippen molar-refractivity contribution in [3.8, 4) is 6.07 Å². The number of hydrogen-bond donors (Lipinski definition) is 0. The summed E-state index contributed by atoms with van der Waals surface area (Å²) in [6.07, 6.45) is 3.67. The van der Waals surface area contributed by atoms with Gasteiger partial charge in [0.2, 0.25) is 0 Å². The van der Waals surface area contributed by atoms with Crippen LogP contribution in [0.1, 0.15) is 5.56 Å². The number of aromatic nitrogens is 1. The Morgan fingerprint density at radius 3 is 2.14 bits per heavy atom. The maximum atomic E-state index is 8.49. The fourth-order valence-electron chi connectivity index (χ4n) is 0.654. The smallest absolute Gasteiger partial charge is 0.186 e. The summed E-state index contributed by atoms with van der Waals surface area (Å²) in [6.45, 7) is 0. The Balaban J connectivity index is 0.000000292. The topological polar surface area (TPSA) is 120 Å². The molecule has 0 radical (unpaired) electrons. The molecule has 0 aliphatic rings. The molecule has 6 nitrogen and oxygen atoms in total. The van der Waals surface area contributed by atoms with Crippen LogP contribution in [0, 0.1) is 21.6 Å². The quantitative estimate of drug-likeness (QED) is 0.408. The van der Waals surface area contributed by atoms with E-state index in [1.165, 1.54) is 0 Å². The Labute approximate surface area is 82.6 Å². The lowest BCUT2D eigenvalue weighted by Crippen LogP contribution is -2.68. The van der Waals surface area contributed by atoms with Gasteiger partial charge in [-0.2, -0.15) is 5.26 Å². The highest BCUT2D eigenvalue weighted by atomic mass is 35.7. The molecule has 0 unspecified atom stereocenters. The fraction of sp³-hybridized carbons (Fsp3) is 0.143. The third-order valence-corrected chi connectivity index (χ3v) is 1.07. The minimum Gasteiger partial charge on any atom is -0.222 e. The predicted octanol–water partition coefficient (Wildman–Crippen LogP) is -4.37. The van der Waals surface area contributed by atoms with E-state index < -0.39 is 10.2 Å². The lowest BCUT2D eigenvalue weighted by Gasteiger charge is -2.17. The Morgan fingerprint density at radius 1 is 1.36 bits per heavy atom. The Morgan fingerprint density at radius 2 is 1.86 bits per heavy atom. The molecule has 1 heterocycles. The van der Waals surface area contributed by atoms with Crippen molar-refractivity contribution < 1.29 is 33.4 Å². The molecular weight excluding hydrogens is 212 g/mol. The van der Waals surface area contributed by atoms with E-state index in [2.05, 4.69) is 0 Å². The van der Waals surface area contributed by atoms with Gasteiger partial charge in [0, 0.05) is 6.07 Å². The van der Waals surface area contributed by atoms with Crippen LogP contribution in [0.5, 0.6) is 0 Å². The Hall–Kier alpha value is -1.23. The van der Waals surface area contributed by atoms with Crippen LogP contribution in [0.25, 0.3) is 0 Å². The fourth-order valence-corrected chi connectivity index (χ4v) is 0.654. The molecule has 1 aromatic heterocycles. The average molecular weight is 219 g/mol. The lowest BCUT2D eigenvalue weighted by molar-refractivity contribution is -2.00. The van der Waals surface area contributed by atoms with E-state index >= 15 is 0 Å². The molecule has 0 bridgehead atoms. The van der Waals surface area contributed by atoms with Gasteiger partial charge >= 0.3 is 0 Å². The number of rotatable bonds is 0. The third kappa shape index (κ3) is 8.86. The zero-order valence-corrected chi connectivity index (χ0v) is 7.97. The molecule has 0 fully saturated rings. The van der Waals surface area contributed by atoms with Crippen molar-refractivity contribution in [2.24, 2.45) is 7.05 Å². The van der Waals surface area contributed by atoms with E-state index in [9.17, 15) is 0 Å². The molecular formula is C7H7ClN2O4. The number of nitriles is 1. The van der Waals surface area contributed by atoms with Crippen molar-refractivity contribution in [2.45, 2.75) is 0 Å². The van der Waals surface area contributed by atoms with Crippen molar-refractivity contribution in [1.29, 1.82) is 5.26 Å². The highest BCUT2D eigenvalue weighted by molar-refractivity contribution is 5.21. The van der Waals surface area contributed by atoms with Crippen LogP contribution in [0.15, 0.2) is 24.5 Å². The second-order valence-corrected chi connectivity index (χ2v) is 3.00. The van der Waals surface area contributed by atoms with Crippen molar-refractivity contribution in [1.82, 2.24) is 0 Å². The lowest BCUT2D eigenvalue weighted by atomic mass is 10.3. The zero-order valence-electron chi connectivity index (χ0n) is 7.21. The molecule has 76 valence electrons. The van der Waals surface area contributed by atoms with Crippen LogP contribution >= 0.6 is 0 Å². The van der Waals surface area contributed by atoms with Crippen molar-refractivity contribution in [2.75, 3.05) is 0 Å². The van der Waals surface area contributed by atoms with Gasteiger partial charge in [-0.3, -0.25) is 0 Å². The molecule has 0 spiro atoms. The summed E-state index contributed by atoms with van der Waals surface area (Å²) in [5.41, 5.74) is 0.694. The number of hydrogen-bond acceptors (Lipinski definition) is 5. The molecule has 0 atom stereocenters. The predicted molar refractivity (Wildman–Crippen MR) is 32.3 cm³/mol. The van der Waals surface area contributed by atoms with Gasteiger partial charge < -0.3 is 0 Å². The molecule has 0 aromatic carbocycles. The molecule has 1 rings (SSSR count). The monoisotopic (exact) mass is 218 g/mol. The maximum absolute atomic E-state index is 8.49. The molecule has 14 heavy (non-hydrogen) atoms. The second kappa shape index (κ2) is 5.49. The first-order chi connectivity index (χ1) is 6.33. The minimum absolute atomic E-state index is 0.694. The van der Waals surface area contributed by atoms with Gasteiger partial charge in [-0.1, -0.05) is 0 Å². The molecule has 0 aliphatic heterocycles. The average Bonchev–Trinajstić information content (AvgIpc) is 2.01. The van der Waals surface area contributed by atoms with Crippen LogP contribution in [-0.2, 0) is 7.05 Å². The minimum atomic E-state index is -4.94. The SMILES string of the molecule is C[n+]1cccc(C#N)c1.[O-][Cl+3]([O-])([O-])[O-]. The first-order valence-electron chi connectivity index (χ1n) is 3.30. The third-order valence-electron chi connectivity index (χ3n) is 1.07. The van der Waals surface area contributed by atoms with Gasteiger partial charge in [0.05, 0.1) is 0 Å². The van der Waals surface area contributed by atoms with Gasteiger partial charge in [-0.15, -0.1) is 10.2 Å². The van der Waals surface area contributed by atoms with Crippen LogP contribution in [0.2, 0.25) is 0 Å². The summed E-state index contributed by atoms with van der Waals surface area (Å²) in [6, 6.07) is 5.67. The molecule has 0 saturated heterocycles. The van der Waals surface area contributed by atoms with E-state index in [4.69, 9.17) is 23.9 Å². The molecule has 7 heteroatoms. The summed E-state index contributed by atoms with van der Waals surface area (Å²) < 4.78 is 35.8. The van der Waals surface area contributed by atoms with E-state index in [-0.39, 0.29) is 0 Å². The van der Waals surface area contributed by atoms with Crippen molar-refractivity contribution in [3.63, 3.8) is 0 Å². The van der Waals surface area contributed by atoms with Gasteiger partial charge in [0.25, 0.3) is 0 Å². The maximum Gasteiger partial charge on any atom is 0.186 e. The van der Waals surface area contributed by atoms with Crippen LogP contribution in [-0.4, -0.2) is 0 Å². The highest BCUT2D eigenvalue weighted by Crippen LogP contribution is 1.87. The van der Waals surface area contributed by atoms with Crippen LogP contribution in [0.3, 0.4) is 0 Å². The van der Waals surface area contributed by atoms with E-state index in [0.717, 1.165) is 0 Å². The van der Waals surface area contributed by atoms with Crippen LogP contribution in [0.4, 0.5) is 0 Å². The number of aryl methyl sites for hydroxylation is 1. The summed E-state index contributed by atoms with van der Waals surface area (Å²) >= 11 is 0. The Kier molecular flexibility index (Phi) is 5.01. The number of nitrogens with zero attached hydrogens (tertiary/aromatic N) is 2. The van der Waals surface area contributed by atoms with Gasteiger partial charge in [-0.25, -0.2) is 23.2 Å². The second-order valence-electron chi connectivity index (χ2n) is 2.25. The van der Waals surface area contributed by atoms with E-state index in [1.807, 2.05) is 29.9 Å². The number of pyridine rings is 1. The van der Waals surface area contributed by atoms with Gasteiger partial charge in [0.15, 0.2) is 12.4 Å². The van der Waals surface area contributed by atoms with Gasteiger partial charge in [0.1, 0.15) is 18.7 Å². The Bertz CT molecular complexity index is 325. The standard InChI is InChI=1S/C7H7N2.ClHO4/c1-9-4-2-3-7(5-8)6-9;2-1(3,4)5/h2-4,6H,1H3;(H,2,3,4,5)/q+1;/p-1. The largest absolute Gasteiger partial charge is 0.222 e. The summed E-state index contributed by atoms with van der Waals surface area (Å²) in [5, 5.41) is 8.40. The zero-order chi connectivity index (χ0) is 11.2. The summed E-state index contributed by atoms with van der Waals surface area (Å²) in [5.74, 6) is 0.